The fraction of sp³-hybridized carbons (Fsp3) is 0.400. The lowest BCUT2D eigenvalue weighted by Crippen LogP contribution is -2.38. The van der Waals surface area contributed by atoms with Crippen LogP contribution >= 0.6 is 0 Å². The van der Waals surface area contributed by atoms with Crippen LogP contribution in [0.15, 0.2) is 60.7 Å². The van der Waals surface area contributed by atoms with Crippen LogP contribution in [0, 0.1) is 0 Å². The first-order chi connectivity index (χ1) is 18.2. The zero-order valence-electron chi connectivity index (χ0n) is 21.0. The van der Waals surface area contributed by atoms with Crippen molar-refractivity contribution in [3.63, 3.8) is 0 Å². The monoisotopic (exact) mass is 502 g/mol. The number of hydrogen-bond acceptors (Lipinski definition) is 5. The SMILES string of the molecule is O=C(NC1CCCCC1)Oc1cc(Oc2ccccc2)c(OC(=O)NC2CCCCC2)c2ccccc12. The molecule has 0 spiro atoms. The van der Waals surface area contributed by atoms with Gasteiger partial charge in [0.1, 0.15) is 11.5 Å². The maximum Gasteiger partial charge on any atom is 0.412 e. The van der Waals surface area contributed by atoms with Gasteiger partial charge in [0.2, 0.25) is 0 Å². The molecule has 0 heterocycles. The Labute approximate surface area is 217 Å². The van der Waals surface area contributed by atoms with E-state index >= 15 is 0 Å². The van der Waals surface area contributed by atoms with E-state index in [4.69, 9.17) is 14.2 Å². The van der Waals surface area contributed by atoms with E-state index in [1.54, 1.807) is 6.07 Å². The molecule has 0 radical (unpaired) electrons. The number of hydrogen-bond donors (Lipinski definition) is 2. The van der Waals surface area contributed by atoms with E-state index in [0.29, 0.717) is 28.0 Å². The number of rotatable bonds is 6. The Kier molecular flexibility index (Phi) is 8.08. The van der Waals surface area contributed by atoms with Gasteiger partial charge >= 0.3 is 12.2 Å². The second kappa shape index (κ2) is 12.0. The highest BCUT2D eigenvalue weighted by atomic mass is 16.6. The van der Waals surface area contributed by atoms with Crippen molar-refractivity contribution in [2.45, 2.75) is 76.3 Å². The molecule has 7 nitrogen and oxygen atoms in total. The molecule has 7 heteroatoms. The van der Waals surface area contributed by atoms with E-state index in [1.807, 2.05) is 54.6 Å². The third kappa shape index (κ3) is 6.53. The van der Waals surface area contributed by atoms with E-state index in [2.05, 4.69) is 10.6 Å². The van der Waals surface area contributed by atoms with Gasteiger partial charge in [0.05, 0.1) is 0 Å². The standard InChI is InChI=1S/C30H34N2O5/c33-29(31-21-12-4-1-5-13-21)36-26-20-27(35-23-16-8-3-9-17-23)28(25-19-11-10-18-24(25)26)37-30(34)32-22-14-6-2-7-15-22/h3,8-11,16-22H,1-2,4-7,12-15H2,(H,31,33)(H,32,34). The molecule has 3 aromatic carbocycles. The normalized spacial score (nSPS) is 16.6. The highest BCUT2D eigenvalue weighted by Crippen LogP contribution is 2.43. The number of benzene rings is 3. The highest BCUT2D eigenvalue weighted by molar-refractivity contribution is 5.98. The van der Waals surface area contributed by atoms with Crippen molar-refractivity contribution in [1.82, 2.24) is 10.6 Å². The smallest absolute Gasteiger partial charge is 0.412 e. The maximum atomic E-state index is 12.9. The minimum atomic E-state index is -0.515. The first-order valence-corrected chi connectivity index (χ1v) is 13.4. The second-order valence-corrected chi connectivity index (χ2v) is 9.90. The molecule has 2 aliphatic rings. The quantitative estimate of drug-likeness (QED) is 0.365. The summed E-state index contributed by atoms with van der Waals surface area (Å²) in [7, 11) is 0. The summed E-state index contributed by atoms with van der Waals surface area (Å²) in [6.07, 6.45) is 9.63. The van der Waals surface area contributed by atoms with Crippen molar-refractivity contribution in [2.75, 3.05) is 0 Å². The largest absolute Gasteiger partial charge is 0.453 e. The molecule has 3 aromatic rings. The van der Waals surface area contributed by atoms with E-state index in [1.165, 1.54) is 12.8 Å². The minimum absolute atomic E-state index is 0.108. The molecule has 0 bridgehead atoms. The summed E-state index contributed by atoms with van der Waals surface area (Å²) in [6, 6.07) is 18.5. The average molecular weight is 503 g/mol. The van der Waals surface area contributed by atoms with Crippen molar-refractivity contribution < 1.29 is 23.8 Å². The molecule has 0 aliphatic heterocycles. The van der Waals surface area contributed by atoms with Crippen molar-refractivity contribution in [3.8, 4) is 23.0 Å². The molecular weight excluding hydrogens is 468 g/mol. The number of nitrogens with one attached hydrogen (secondary N) is 2. The van der Waals surface area contributed by atoms with Gasteiger partial charge in [-0.05, 0) is 37.8 Å². The summed E-state index contributed by atoms with van der Waals surface area (Å²) in [6.45, 7) is 0. The molecule has 5 rings (SSSR count). The summed E-state index contributed by atoms with van der Waals surface area (Å²) < 4.78 is 17.9. The maximum absolute atomic E-state index is 12.9. The first kappa shape index (κ1) is 24.9. The van der Waals surface area contributed by atoms with E-state index in [-0.39, 0.29) is 17.8 Å². The summed E-state index contributed by atoms with van der Waals surface area (Å²) in [5.41, 5.74) is 0. The van der Waals surface area contributed by atoms with Crippen LogP contribution in [0.4, 0.5) is 9.59 Å². The summed E-state index contributed by atoms with van der Waals surface area (Å²) in [5.74, 6) is 1.50. The average Bonchev–Trinajstić information content (AvgIpc) is 2.92. The minimum Gasteiger partial charge on any atom is -0.453 e. The van der Waals surface area contributed by atoms with Crippen LogP contribution in [0.5, 0.6) is 23.0 Å². The lowest BCUT2D eigenvalue weighted by Gasteiger charge is -2.23. The van der Waals surface area contributed by atoms with Gasteiger partial charge in [-0.25, -0.2) is 9.59 Å². The van der Waals surface area contributed by atoms with Crippen molar-refractivity contribution in [3.05, 3.63) is 60.7 Å². The molecular formula is C30H34N2O5. The number of carbonyl (C=O) groups is 2. The fourth-order valence-electron chi connectivity index (χ4n) is 5.25. The van der Waals surface area contributed by atoms with Crippen LogP contribution in [0.25, 0.3) is 10.8 Å². The molecule has 37 heavy (non-hydrogen) atoms. The molecule has 2 amide bonds. The Morgan fingerprint density at radius 3 is 1.78 bits per heavy atom. The Balaban J connectivity index is 1.45. The van der Waals surface area contributed by atoms with Gasteiger partial charge in [0, 0.05) is 28.9 Å². The van der Waals surface area contributed by atoms with E-state index in [9.17, 15) is 9.59 Å². The van der Waals surface area contributed by atoms with Gasteiger partial charge in [-0.15, -0.1) is 0 Å². The lowest BCUT2D eigenvalue weighted by atomic mass is 9.96. The molecule has 2 aliphatic carbocycles. The summed E-state index contributed by atoms with van der Waals surface area (Å²) in [4.78, 5) is 25.7. The van der Waals surface area contributed by atoms with E-state index < -0.39 is 12.2 Å². The Hall–Kier alpha value is -3.74. The second-order valence-electron chi connectivity index (χ2n) is 9.90. The number of para-hydroxylation sites is 1. The molecule has 0 aromatic heterocycles. The van der Waals surface area contributed by atoms with Gasteiger partial charge in [0.15, 0.2) is 11.5 Å². The molecule has 2 N–H and O–H groups in total. The summed E-state index contributed by atoms with van der Waals surface area (Å²) in [5, 5.41) is 7.27. The van der Waals surface area contributed by atoms with Crippen molar-refractivity contribution >= 4 is 23.0 Å². The topological polar surface area (TPSA) is 85.9 Å². The molecule has 2 saturated carbocycles. The van der Waals surface area contributed by atoms with Gasteiger partial charge < -0.3 is 24.8 Å². The highest BCUT2D eigenvalue weighted by Gasteiger charge is 2.23. The van der Waals surface area contributed by atoms with E-state index in [0.717, 1.165) is 51.4 Å². The molecule has 0 atom stereocenters. The van der Waals surface area contributed by atoms with Crippen LogP contribution in [0.3, 0.4) is 0 Å². The lowest BCUT2D eigenvalue weighted by molar-refractivity contribution is 0.189. The van der Waals surface area contributed by atoms with Gasteiger partial charge in [-0.3, -0.25) is 0 Å². The van der Waals surface area contributed by atoms with Crippen molar-refractivity contribution in [1.29, 1.82) is 0 Å². The first-order valence-electron chi connectivity index (χ1n) is 13.4. The molecule has 194 valence electrons. The van der Waals surface area contributed by atoms with Gasteiger partial charge in [-0.1, -0.05) is 81.0 Å². The predicted molar refractivity (Wildman–Crippen MR) is 143 cm³/mol. The number of fused-ring (bicyclic) bond motifs is 1. The Morgan fingerprint density at radius 2 is 1.16 bits per heavy atom. The predicted octanol–water partition coefficient (Wildman–Crippen LogP) is 7.47. The van der Waals surface area contributed by atoms with Gasteiger partial charge in [-0.2, -0.15) is 0 Å². The van der Waals surface area contributed by atoms with Crippen LogP contribution < -0.4 is 24.8 Å². The van der Waals surface area contributed by atoms with Gasteiger partial charge in [0.25, 0.3) is 0 Å². The Morgan fingerprint density at radius 1 is 0.622 bits per heavy atom. The fourth-order valence-corrected chi connectivity index (χ4v) is 5.25. The van der Waals surface area contributed by atoms with Crippen LogP contribution in [-0.2, 0) is 0 Å². The molecule has 0 saturated heterocycles. The van der Waals surface area contributed by atoms with Crippen LogP contribution in [-0.4, -0.2) is 24.3 Å². The van der Waals surface area contributed by atoms with Crippen molar-refractivity contribution in [2.24, 2.45) is 0 Å². The van der Waals surface area contributed by atoms with Crippen LogP contribution in [0.2, 0.25) is 0 Å². The Bertz CT molecular complexity index is 1220. The third-order valence-electron chi connectivity index (χ3n) is 7.15. The summed E-state index contributed by atoms with van der Waals surface area (Å²) >= 11 is 0. The zero-order chi connectivity index (χ0) is 25.5. The molecule has 2 fully saturated rings. The third-order valence-corrected chi connectivity index (χ3v) is 7.15. The number of amides is 2. The van der Waals surface area contributed by atoms with Crippen LogP contribution in [0.1, 0.15) is 64.2 Å². The number of carbonyl (C=O) groups excluding carboxylic acids is 2. The number of ether oxygens (including phenoxy) is 3. The zero-order valence-corrected chi connectivity index (χ0v) is 21.0. The molecule has 0 unspecified atom stereocenters.